The van der Waals surface area contributed by atoms with E-state index in [4.69, 9.17) is 9.84 Å². The van der Waals surface area contributed by atoms with E-state index in [1.807, 2.05) is 84.9 Å². The molecule has 5 aliphatic carbocycles. The van der Waals surface area contributed by atoms with Gasteiger partial charge in [0.2, 0.25) is 11.8 Å². The lowest BCUT2D eigenvalue weighted by atomic mass is 9.92. The third-order valence-electron chi connectivity index (χ3n) is 19.2. The van der Waals surface area contributed by atoms with E-state index in [1.54, 1.807) is 18.5 Å². The van der Waals surface area contributed by atoms with Crippen LogP contribution in [0.3, 0.4) is 0 Å². The number of Topliss-reactive ketones (excluding diaryl/α,β-unsaturated/α-hetero) is 5. The molecule has 12 rings (SSSR count). The van der Waals surface area contributed by atoms with Gasteiger partial charge in [-0.3, -0.25) is 52.7 Å². The summed E-state index contributed by atoms with van der Waals surface area (Å²) in [6, 6.07) is 45.1. The molecule has 2 heterocycles. The van der Waals surface area contributed by atoms with Crippen molar-refractivity contribution < 1.29 is 72.1 Å². The van der Waals surface area contributed by atoms with Gasteiger partial charge in [0.1, 0.15) is 40.6 Å². The molecule has 5 aromatic carbocycles. The number of aromatic nitrogens is 2. The first kappa shape index (κ1) is 78.9. The zero-order valence-corrected chi connectivity index (χ0v) is 59.8. The highest BCUT2D eigenvalue weighted by Gasteiger charge is 2.31. The molecule has 21 nitrogen and oxygen atoms in total. The number of aliphatic carboxylic acids is 1. The number of esters is 3. The number of hydrogen-bond acceptors (Lipinski definition) is 18. The molecule has 4 unspecified atom stereocenters. The van der Waals surface area contributed by atoms with E-state index in [0.717, 1.165) is 72.4 Å². The predicted molar refractivity (Wildman–Crippen MR) is 395 cm³/mol. The highest BCUT2D eigenvalue weighted by Crippen LogP contribution is 2.31. The van der Waals surface area contributed by atoms with Gasteiger partial charge in [0.05, 0.1) is 47.0 Å². The number of nitrogens with one attached hydrogen (secondary N) is 4. The molecule has 7 aromatic rings. The Morgan fingerprint density at radius 1 is 0.385 bits per heavy atom. The Labute approximate surface area is 607 Å². The van der Waals surface area contributed by atoms with Crippen LogP contribution < -0.4 is 21.3 Å². The van der Waals surface area contributed by atoms with E-state index >= 15 is 0 Å². The second-order valence-corrected chi connectivity index (χ2v) is 26.6. The Bertz CT molecular complexity index is 4130. The number of methoxy groups -OCH3 is 3. The summed E-state index contributed by atoms with van der Waals surface area (Å²) in [6.07, 6.45) is 14.5. The van der Waals surface area contributed by atoms with Gasteiger partial charge in [-0.25, -0.2) is 9.97 Å². The van der Waals surface area contributed by atoms with Gasteiger partial charge in [-0.2, -0.15) is 0 Å². The van der Waals surface area contributed by atoms with E-state index in [-0.39, 0.29) is 96.3 Å². The number of carbonyl (C=O) groups excluding carboxylic acids is 10. The van der Waals surface area contributed by atoms with Crippen molar-refractivity contribution in [2.45, 2.75) is 148 Å². The number of fused-ring (bicyclic) bond motifs is 5. The maximum absolute atomic E-state index is 12.3. The zero-order chi connectivity index (χ0) is 74.3. The molecule has 5 N–H and O–H groups in total. The number of amides is 2. The molecule has 4 atom stereocenters. The quantitative estimate of drug-likeness (QED) is 0.0303. The van der Waals surface area contributed by atoms with Gasteiger partial charge >= 0.3 is 23.9 Å². The molecule has 21 heteroatoms. The van der Waals surface area contributed by atoms with E-state index < -0.39 is 11.9 Å². The van der Waals surface area contributed by atoms with Crippen molar-refractivity contribution in [3.63, 3.8) is 0 Å². The average molecular weight is 1420 g/mol. The number of carbonyl (C=O) groups is 11. The normalized spacial score (nSPS) is 17.1. The molecule has 0 aliphatic heterocycles. The molecule has 2 aromatic heterocycles. The SMILES string of the molecule is COC(=O)CC1Cc2ccc(C)cc2CCC1=O.COC(=O)CC1Cc2ccc(NC(=O)CCNc3ccccn3)cc2CCC1=O.COC(=O)CC1Cc2ccccc2CCC1=O.O=C(O)CC1Cc2ccc(NC(=O)CCNc3ccccn3)cc2CCC1=O.O=C1CCc2ccccc2CC1. The fourth-order valence-electron chi connectivity index (χ4n) is 13.3. The highest BCUT2D eigenvalue weighted by atomic mass is 16.5. The van der Waals surface area contributed by atoms with Crippen molar-refractivity contribution in [1.29, 1.82) is 0 Å². The molecule has 0 saturated heterocycles. The molecule has 0 fully saturated rings. The number of pyridine rings is 2. The van der Waals surface area contributed by atoms with Crippen LogP contribution in [-0.4, -0.2) is 114 Å². The first-order valence-electron chi connectivity index (χ1n) is 35.6. The number of rotatable bonds is 18. The zero-order valence-electron chi connectivity index (χ0n) is 59.8. The summed E-state index contributed by atoms with van der Waals surface area (Å²) in [5.74, 6) is -1.11. The average Bonchev–Trinajstić information content (AvgIpc) is 1.63. The van der Waals surface area contributed by atoms with Crippen LogP contribution in [0.5, 0.6) is 0 Å². The van der Waals surface area contributed by atoms with E-state index in [1.165, 1.54) is 60.3 Å². The maximum Gasteiger partial charge on any atom is 0.306 e. The standard InChI is InChI=1S/C22H25N3O4.C21H23N3O4.C15H18O3.C14H16O3.C11H12O/c1-29-22(28)14-17-12-15-5-7-18(13-16(15)6-8-19(17)26)25-21(27)9-11-24-20-4-2-3-10-23-20;25-18-7-5-15-12-17(6-4-14(15)11-16(18)13-21(27)28)24-20(26)8-10-23-19-3-1-2-9-22-19;1-10-3-4-12-8-13(9-15(17)18-2)14(16)6-5-11(12)7-10;1-17-14(16)9-12-8-11-5-3-2-4-10(11)6-7-13(12)15;12-11-7-5-9-3-1-2-4-10(9)6-8-11/h2-5,7,10,13,17H,6,8-9,11-12,14H2,1H3,(H,23,24)(H,25,27);1-4,6,9,12,16H,5,7-8,10-11,13H2,(H,22,23)(H,24,26)(H,27,28);3-4,7,13H,5-6,8-9H2,1-2H3;2-5,12H,6-9H2,1H3;1-4H,5-8H2. The van der Waals surface area contributed by atoms with Crippen molar-refractivity contribution in [1.82, 2.24) is 9.97 Å². The largest absolute Gasteiger partial charge is 0.481 e. The lowest BCUT2D eigenvalue weighted by Crippen LogP contribution is -2.20. The summed E-state index contributed by atoms with van der Waals surface area (Å²) < 4.78 is 14.0. The van der Waals surface area contributed by atoms with E-state index in [9.17, 15) is 52.7 Å². The lowest BCUT2D eigenvalue weighted by molar-refractivity contribution is -0.144. The van der Waals surface area contributed by atoms with Gasteiger partial charge in [-0.05, 0) is 175 Å². The molecule has 546 valence electrons. The Kier molecular flexibility index (Phi) is 30.9. The van der Waals surface area contributed by atoms with Crippen LogP contribution in [0.25, 0.3) is 0 Å². The summed E-state index contributed by atoms with van der Waals surface area (Å²) in [4.78, 5) is 137. The number of ether oxygens (including phenoxy) is 3. The minimum Gasteiger partial charge on any atom is -0.481 e. The Morgan fingerprint density at radius 3 is 1.09 bits per heavy atom. The number of benzene rings is 5. The van der Waals surface area contributed by atoms with E-state index in [2.05, 4.69) is 96.2 Å². The molecular weight excluding hydrogens is 1320 g/mol. The van der Waals surface area contributed by atoms with Crippen LogP contribution in [0.4, 0.5) is 23.0 Å². The Balaban J connectivity index is 0.000000170. The molecule has 5 aliphatic rings. The summed E-state index contributed by atoms with van der Waals surface area (Å²) >= 11 is 0. The number of hydrogen-bond donors (Lipinski definition) is 5. The molecule has 0 saturated carbocycles. The summed E-state index contributed by atoms with van der Waals surface area (Å²) in [7, 11) is 4.05. The topological polar surface area (TPSA) is 310 Å². The Hall–Kier alpha value is -10.8. The predicted octanol–water partition coefficient (Wildman–Crippen LogP) is 11.7. The minimum absolute atomic E-state index is 0.00946. The maximum atomic E-state index is 12.3. The summed E-state index contributed by atoms with van der Waals surface area (Å²) in [6.45, 7) is 3.01. The minimum atomic E-state index is -0.954. The van der Waals surface area contributed by atoms with Crippen molar-refractivity contribution in [2.75, 3.05) is 55.7 Å². The third-order valence-corrected chi connectivity index (χ3v) is 19.2. The fourth-order valence-corrected chi connectivity index (χ4v) is 13.3. The lowest BCUT2D eigenvalue weighted by Gasteiger charge is -2.13. The second-order valence-electron chi connectivity index (χ2n) is 26.6. The molecule has 0 radical (unpaired) electrons. The van der Waals surface area contributed by atoms with Crippen LogP contribution in [-0.2, 0) is 131 Å². The number of anilines is 4. The number of carboxylic acids is 1. The first-order chi connectivity index (χ1) is 50.2. The number of nitrogens with zero attached hydrogens (tertiary/aromatic N) is 2. The van der Waals surface area contributed by atoms with Gasteiger partial charge in [-0.15, -0.1) is 0 Å². The monoisotopic (exact) mass is 1410 g/mol. The third kappa shape index (κ3) is 25.6. The first-order valence-corrected chi connectivity index (χ1v) is 35.6. The fraction of sp³-hybridized carbons (Fsp3) is 0.386. The number of carboxylic acid groups (broad SMARTS) is 1. The van der Waals surface area contributed by atoms with Crippen LogP contribution in [0.2, 0.25) is 0 Å². The number of aryl methyl sites for hydroxylation is 7. The molecule has 0 bridgehead atoms. The van der Waals surface area contributed by atoms with Crippen LogP contribution in [0.15, 0.2) is 152 Å². The van der Waals surface area contributed by atoms with Crippen molar-refractivity contribution in [2.24, 2.45) is 23.7 Å². The number of ketones is 5. The Morgan fingerprint density at radius 2 is 0.712 bits per heavy atom. The van der Waals surface area contributed by atoms with Gasteiger partial charge in [0, 0.05) is 112 Å². The smallest absolute Gasteiger partial charge is 0.306 e. The van der Waals surface area contributed by atoms with Crippen LogP contribution in [0.1, 0.15) is 138 Å². The van der Waals surface area contributed by atoms with Gasteiger partial charge in [-0.1, -0.05) is 96.6 Å². The van der Waals surface area contributed by atoms with Gasteiger partial charge < -0.3 is 40.6 Å². The van der Waals surface area contributed by atoms with Gasteiger partial charge in [0.25, 0.3) is 0 Å². The van der Waals surface area contributed by atoms with Gasteiger partial charge in [0.15, 0.2) is 0 Å². The molecular formula is C83H94N6O15. The molecule has 2 amide bonds. The summed E-state index contributed by atoms with van der Waals surface area (Å²) in [5, 5.41) is 21.0. The summed E-state index contributed by atoms with van der Waals surface area (Å²) in [5.41, 5.74) is 14.2. The van der Waals surface area contributed by atoms with E-state index in [0.29, 0.717) is 107 Å². The highest BCUT2D eigenvalue weighted by molar-refractivity contribution is 5.93. The molecule has 104 heavy (non-hydrogen) atoms. The molecule has 0 spiro atoms. The van der Waals surface area contributed by atoms with Crippen molar-refractivity contribution in [3.8, 4) is 0 Å². The second kappa shape index (κ2) is 40.7. The van der Waals surface area contributed by atoms with Crippen molar-refractivity contribution in [3.05, 3.63) is 213 Å². The van der Waals surface area contributed by atoms with Crippen molar-refractivity contribution >= 4 is 87.6 Å². The van der Waals surface area contributed by atoms with Crippen LogP contribution in [0, 0.1) is 30.6 Å². The van der Waals surface area contributed by atoms with Crippen LogP contribution >= 0.6 is 0 Å².